The minimum atomic E-state index is -0.945. The van der Waals surface area contributed by atoms with Gasteiger partial charge in [-0.3, -0.25) is 9.59 Å². The number of aliphatic carboxylic acids is 1. The lowest BCUT2D eigenvalue weighted by molar-refractivity contribution is -0.136. The van der Waals surface area contributed by atoms with Gasteiger partial charge in [0.2, 0.25) is 5.91 Å². The van der Waals surface area contributed by atoms with Gasteiger partial charge in [0.25, 0.3) is 0 Å². The van der Waals surface area contributed by atoms with Gasteiger partial charge in [-0.25, -0.2) is 0 Å². The first-order valence-corrected chi connectivity index (χ1v) is 6.49. The van der Waals surface area contributed by atoms with Crippen LogP contribution in [0.5, 0.6) is 0 Å². The smallest absolute Gasteiger partial charge is 0.305 e. The Balaban J connectivity index is 2.73. The number of rotatable bonds is 8. The molecule has 7 heteroatoms. The van der Waals surface area contributed by atoms with E-state index in [4.69, 9.17) is 16.1 Å². The molecule has 0 aliphatic carbocycles. The third-order valence-corrected chi connectivity index (χ3v) is 2.77. The first-order chi connectivity index (χ1) is 10.0. The molecular weight excluding hydrogens is 272 g/mol. The number of anilines is 2. The van der Waals surface area contributed by atoms with Crippen molar-refractivity contribution in [3.05, 3.63) is 24.3 Å². The zero-order chi connectivity index (χ0) is 15.7. The first kappa shape index (κ1) is 16.3. The predicted octanol–water partition coefficient (Wildman–Crippen LogP) is 0.580. The number of nitriles is 1. The number of nitrogens with two attached hydrogens (primary N) is 1. The Morgan fingerprint density at radius 1 is 1.38 bits per heavy atom. The summed E-state index contributed by atoms with van der Waals surface area (Å²) in [6, 6.07) is 8.89. The maximum atomic E-state index is 11.8. The van der Waals surface area contributed by atoms with Gasteiger partial charge in [-0.05, 0) is 12.1 Å². The van der Waals surface area contributed by atoms with E-state index in [-0.39, 0.29) is 38.4 Å². The zero-order valence-electron chi connectivity index (χ0n) is 11.6. The largest absolute Gasteiger partial charge is 0.481 e. The molecule has 0 bridgehead atoms. The van der Waals surface area contributed by atoms with E-state index in [0.717, 1.165) is 0 Å². The molecule has 0 spiro atoms. The SMILES string of the molecule is N#CCCNC(=O)CN(CCC(=O)O)c1ccccc1N. The maximum absolute atomic E-state index is 11.8. The summed E-state index contributed by atoms with van der Waals surface area (Å²) in [6.45, 7) is 0.439. The lowest BCUT2D eigenvalue weighted by atomic mass is 10.2. The number of nitrogens with zero attached hydrogens (tertiary/aromatic N) is 2. The topological polar surface area (TPSA) is 119 Å². The van der Waals surface area contributed by atoms with Crippen molar-refractivity contribution in [1.29, 1.82) is 5.26 Å². The van der Waals surface area contributed by atoms with Crippen LogP contribution in [-0.2, 0) is 9.59 Å². The summed E-state index contributed by atoms with van der Waals surface area (Å²) < 4.78 is 0. The Morgan fingerprint density at radius 2 is 2.10 bits per heavy atom. The van der Waals surface area contributed by atoms with Crippen molar-refractivity contribution in [1.82, 2.24) is 5.32 Å². The highest BCUT2D eigenvalue weighted by Gasteiger charge is 2.14. The molecule has 0 unspecified atom stereocenters. The zero-order valence-corrected chi connectivity index (χ0v) is 11.6. The van der Waals surface area contributed by atoms with Crippen LogP contribution in [-0.4, -0.2) is 36.6 Å². The van der Waals surface area contributed by atoms with E-state index in [0.29, 0.717) is 11.4 Å². The van der Waals surface area contributed by atoms with Gasteiger partial charge < -0.3 is 21.1 Å². The molecule has 1 amide bonds. The van der Waals surface area contributed by atoms with E-state index in [9.17, 15) is 9.59 Å². The molecule has 1 rings (SSSR count). The minimum Gasteiger partial charge on any atom is -0.481 e. The minimum absolute atomic E-state index is 0.00702. The monoisotopic (exact) mass is 290 g/mol. The summed E-state index contributed by atoms with van der Waals surface area (Å²) >= 11 is 0. The van der Waals surface area contributed by atoms with E-state index in [1.807, 2.05) is 6.07 Å². The van der Waals surface area contributed by atoms with Crippen molar-refractivity contribution in [2.75, 3.05) is 30.3 Å². The van der Waals surface area contributed by atoms with E-state index in [2.05, 4.69) is 5.32 Å². The predicted molar refractivity (Wildman–Crippen MR) is 78.6 cm³/mol. The summed E-state index contributed by atoms with van der Waals surface area (Å²) in [4.78, 5) is 24.1. The third-order valence-electron chi connectivity index (χ3n) is 2.77. The molecule has 21 heavy (non-hydrogen) atoms. The van der Waals surface area contributed by atoms with Crippen molar-refractivity contribution in [2.24, 2.45) is 0 Å². The van der Waals surface area contributed by atoms with Gasteiger partial charge >= 0.3 is 5.97 Å². The molecule has 1 aromatic rings. The molecule has 0 radical (unpaired) electrons. The van der Waals surface area contributed by atoms with Gasteiger partial charge in [-0.15, -0.1) is 0 Å². The Kier molecular flexibility index (Phi) is 6.54. The lowest BCUT2D eigenvalue weighted by Crippen LogP contribution is -2.39. The van der Waals surface area contributed by atoms with Crippen LogP contribution in [0.25, 0.3) is 0 Å². The van der Waals surface area contributed by atoms with Crippen molar-refractivity contribution in [3.8, 4) is 6.07 Å². The van der Waals surface area contributed by atoms with Crippen LogP contribution in [0, 0.1) is 11.3 Å². The molecule has 0 fully saturated rings. The number of para-hydroxylation sites is 2. The van der Waals surface area contributed by atoms with Crippen molar-refractivity contribution >= 4 is 23.3 Å². The average Bonchev–Trinajstić information content (AvgIpc) is 2.44. The second-order valence-electron chi connectivity index (χ2n) is 4.38. The summed E-state index contributed by atoms with van der Waals surface area (Å²) in [5, 5.41) is 19.8. The Hall–Kier alpha value is -2.75. The van der Waals surface area contributed by atoms with Crippen LogP contribution in [0.1, 0.15) is 12.8 Å². The van der Waals surface area contributed by atoms with E-state index >= 15 is 0 Å². The lowest BCUT2D eigenvalue weighted by Gasteiger charge is -2.24. The number of nitrogens with one attached hydrogen (secondary N) is 1. The highest BCUT2D eigenvalue weighted by Crippen LogP contribution is 2.22. The number of carboxylic acid groups (broad SMARTS) is 1. The number of hydrogen-bond acceptors (Lipinski definition) is 5. The summed E-state index contributed by atoms with van der Waals surface area (Å²) in [6.07, 6.45) is 0.133. The van der Waals surface area contributed by atoms with Gasteiger partial charge in [0.15, 0.2) is 0 Å². The second kappa shape index (κ2) is 8.43. The van der Waals surface area contributed by atoms with Gasteiger partial charge in [0.05, 0.1) is 36.8 Å². The van der Waals surface area contributed by atoms with Crippen LogP contribution < -0.4 is 16.0 Å². The molecule has 0 saturated carbocycles. The van der Waals surface area contributed by atoms with Crippen molar-refractivity contribution in [3.63, 3.8) is 0 Å². The van der Waals surface area contributed by atoms with Crippen LogP contribution in [0.4, 0.5) is 11.4 Å². The maximum Gasteiger partial charge on any atom is 0.305 e. The fourth-order valence-electron chi connectivity index (χ4n) is 1.78. The Labute approximate surface area is 123 Å². The number of nitrogen functional groups attached to an aromatic ring is 1. The first-order valence-electron chi connectivity index (χ1n) is 6.49. The Bertz CT molecular complexity index is 539. The molecule has 4 N–H and O–H groups in total. The highest BCUT2D eigenvalue weighted by molar-refractivity contribution is 5.83. The van der Waals surface area contributed by atoms with Crippen LogP contribution >= 0.6 is 0 Å². The van der Waals surface area contributed by atoms with Crippen LogP contribution in [0.2, 0.25) is 0 Å². The van der Waals surface area contributed by atoms with Gasteiger partial charge in [0, 0.05) is 13.1 Å². The van der Waals surface area contributed by atoms with E-state index < -0.39 is 5.97 Å². The van der Waals surface area contributed by atoms with Crippen LogP contribution in [0.15, 0.2) is 24.3 Å². The van der Waals surface area contributed by atoms with Crippen LogP contribution in [0.3, 0.4) is 0 Å². The molecule has 0 aliphatic heterocycles. The van der Waals surface area contributed by atoms with Crippen molar-refractivity contribution < 1.29 is 14.7 Å². The standard InChI is InChI=1S/C14H18N4O3/c15-7-3-8-17-13(19)10-18(9-6-14(20)21)12-5-2-1-4-11(12)16/h1-2,4-5H,3,6,8-10,16H2,(H,17,19)(H,20,21). The molecule has 7 nitrogen and oxygen atoms in total. The van der Waals surface area contributed by atoms with E-state index in [1.54, 1.807) is 29.2 Å². The molecule has 0 atom stereocenters. The molecule has 112 valence electrons. The number of amides is 1. The third kappa shape index (κ3) is 5.82. The number of carbonyl (C=O) groups excluding carboxylic acids is 1. The molecule has 1 aromatic carbocycles. The fourth-order valence-corrected chi connectivity index (χ4v) is 1.78. The number of hydrogen-bond donors (Lipinski definition) is 3. The number of carbonyl (C=O) groups is 2. The highest BCUT2D eigenvalue weighted by atomic mass is 16.4. The normalized spacial score (nSPS) is 9.67. The molecular formula is C14H18N4O3. The molecule has 0 aliphatic rings. The quantitative estimate of drug-likeness (QED) is 0.476. The number of carboxylic acids is 1. The summed E-state index contributed by atoms with van der Waals surface area (Å²) in [5.74, 6) is -1.22. The molecule has 0 saturated heterocycles. The summed E-state index contributed by atoms with van der Waals surface area (Å²) in [7, 11) is 0. The number of benzene rings is 1. The van der Waals surface area contributed by atoms with Gasteiger partial charge in [-0.2, -0.15) is 5.26 Å². The molecule has 0 heterocycles. The van der Waals surface area contributed by atoms with E-state index in [1.165, 1.54) is 0 Å². The van der Waals surface area contributed by atoms with Crippen molar-refractivity contribution in [2.45, 2.75) is 12.8 Å². The molecule has 0 aromatic heterocycles. The summed E-state index contributed by atoms with van der Waals surface area (Å²) in [5.41, 5.74) is 6.96. The average molecular weight is 290 g/mol. The second-order valence-corrected chi connectivity index (χ2v) is 4.38. The Morgan fingerprint density at radius 3 is 2.71 bits per heavy atom. The van der Waals surface area contributed by atoms with Gasteiger partial charge in [0.1, 0.15) is 0 Å². The fraction of sp³-hybridized carbons (Fsp3) is 0.357. The van der Waals surface area contributed by atoms with Gasteiger partial charge in [-0.1, -0.05) is 12.1 Å².